The van der Waals surface area contributed by atoms with Crippen molar-refractivity contribution in [3.63, 3.8) is 0 Å². The Labute approximate surface area is 83.1 Å². The van der Waals surface area contributed by atoms with Gasteiger partial charge in [-0.05, 0) is 13.3 Å². The molecule has 0 radical (unpaired) electrons. The molecule has 0 unspecified atom stereocenters. The normalized spacial score (nSPS) is 14.5. The smallest absolute Gasteiger partial charge is 0.328 e. The number of carboxylic acids is 1. The second-order valence-corrected chi connectivity index (χ2v) is 3.23. The van der Waals surface area contributed by atoms with Gasteiger partial charge < -0.3 is 15.5 Å². The Morgan fingerprint density at radius 2 is 2.00 bits per heavy atom. The highest BCUT2D eigenvalue weighted by molar-refractivity contribution is 5.83. The predicted molar refractivity (Wildman–Crippen MR) is 50.8 cm³/mol. The molecule has 14 heavy (non-hydrogen) atoms. The maximum absolute atomic E-state index is 11.1. The molecule has 5 nitrogen and oxygen atoms in total. The highest BCUT2D eigenvalue weighted by Crippen LogP contribution is 1.97. The third-order valence-electron chi connectivity index (χ3n) is 1.82. The van der Waals surface area contributed by atoms with E-state index < -0.39 is 18.1 Å². The summed E-state index contributed by atoms with van der Waals surface area (Å²) in [4.78, 5) is 21.7. The summed E-state index contributed by atoms with van der Waals surface area (Å²) in [5, 5.41) is 20.0. The number of unbranched alkanes of at least 4 members (excludes halogenated alkanes) is 1. The molecule has 0 aliphatic rings. The first-order valence-corrected chi connectivity index (χ1v) is 4.69. The SMILES string of the molecule is CCCCC(=O)N[C@H](C(=O)O)[C@@H](C)O. The predicted octanol–water partition coefficient (Wildman–Crippen LogP) is 0.127. The monoisotopic (exact) mass is 203 g/mol. The molecule has 0 bridgehead atoms. The fourth-order valence-corrected chi connectivity index (χ4v) is 0.972. The first kappa shape index (κ1) is 12.9. The fraction of sp³-hybridized carbons (Fsp3) is 0.778. The molecular weight excluding hydrogens is 186 g/mol. The number of aliphatic carboxylic acids is 1. The lowest BCUT2D eigenvalue weighted by molar-refractivity contribution is -0.144. The lowest BCUT2D eigenvalue weighted by Crippen LogP contribution is -2.47. The van der Waals surface area contributed by atoms with Crippen LogP contribution in [-0.4, -0.2) is 34.2 Å². The van der Waals surface area contributed by atoms with Gasteiger partial charge in [0.15, 0.2) is 6.04 Å². The lowest BCUT2D eigenvalue weighted by atomic mass is 10.1. The van der Waals surface area contributed by atoms with E-state index in [0.717, 1.165) is 12.8 Å². The molecule has 0 aliphatic heterocycles. The van der Waals surface area contributed by atoms with Crippen LogP contribution in [0.1, 0.15) is 33.1 Å². The average Bonchev–Trinajstić information content (AvgIpc) is 2.09. The number of rotatable bonds is 6. The number of carbonyl (C=O) groups excluding carboxylic acids is 1. The van der Waals surface area contributed by atoms with Crippen LogP contribution in [0.25, 0.3) is 0 Å². The van der Waals surface area contributed by atoms with Crippen molar-refractivity contribution >= 4 is 11.9 Å². The summed E-state index contributed by atoms with van der Waals surface area (Å²) in [5.41, 5.74) is 0. The van der Waals surface area contributed by atoms with Crippen molar-refractivity contribution in [2.45, 2.75) is 45.3 Å². The van der Waals surface area contributed by atoms with E-state index in [0.29, 0.717) is 6.42 Å². The summed E-state index contributed by atoms with van der Waals surface area (Å²) in [5.74, 6) is -1.55. The molecule has 0 saturated heterocycles. The van der Waals surface area contributed by atoms with Crippen molar-refractivity contribution in [2.75, 3.05) is 0 Å². The minimum absolute atomic E-state index is 0.299. The molecule has 2 atom stereocenters. The number of nitrogens with one attached hydrogen (secondary N) is 1. The van der Waals surface area contributed by atoms with Crippen LogP contribution in [0.5, 0.6) is 0 Å². The van der Waals surface area contributed by atoms with Crippen LogP contribution in [-0.2, 0) is 9.59 Å². The number of amides is 1. The molecule has 0 aromatic carbocycles. The third kappa shape index (κ3) is 4.81. The zero-order valence-corrected chi connectivity index (χ0v) is 8.49. The van der Waals surface area contributed by atoms with E-state index in [9.17, 15) is 9.59 Å². The van der Waals surface area contributed by atoms with E-state index in [-0.39, 0.29) is 5.91 Å². The Morgan fingerprint density at radius 3 is 2.36 bits per heavy atom. The largest absolute Gasteiger partial charge is 0.480 e. The molecule has 0 aliphatic carbocycles. The third-order valence-corrected chi connectivity index (χ3v) is 1.82. The number of carboxylic acid groups (broad SMARTS) is 1. The van der Waals surface area contributed by atoms with Crippen LogP contribution < -0.4 is 5.32 Å². The Bertz CT molecular complexity index is 203. The van der Waals surface area contributed by atoms with Crippen LogP contribution in [0.3, 0.4) is 0 Å². The molecule has 5 heteroatoms. The summed E-state index contributed by atoms with van der Waals surface area (Å²) in [7, 11) is 0. The Hall–Kier alpha value is -1.10. The second-order valence-electron chi connectivity index (χ2n) is 3.23. The van der Waals surface area contributed by atoms with Gasteiger partial charge in [0.05, 0.1) is 6.10 Å². The van der Waals surface area contributed by atoms with Crippen LogP contribution in [0.2, 0.25) is 0 Å². The lowest BCUT2D eigenvalue weighted by Gasteiger charge is -2.16. The van der Waals surface area contributed by atoms with E-state index in [2.05, 4.69) is 5.32 Å². The molecule has 1 amide bonds. The van der Waals surface area contributed by atoms with E-state index in [4.69, 9.17) is 10.2 Å². The van der Waals surface area contributed by atoms with E-state index in [1.165, 1.54) is 6.92 Å². The minimum Gasteiger partial charge on any atom is -0.480 e. The number of aliphatic hydroxyl groups is 1. The van der Waals surface area contributed by atoms with Crippen molar-refractivity contribution in [3.8, 4) is 0 Å². The number of hydrogen-bond donors (Lipinski definition) is 3. The molecule has 0 rings (SSSR count). The van der Waals surface area contributed by atoms with Crippen LogP contribution in [0, 0.1) is 0 Å². The maximum Gasteiger partial charge on any atom is 0.328 e. The molecule has 3 N–H and O–H groups in total. The van der Waals surface area contributed by atoms with Crippen LogP contribution >= 0.6 is 0 Å². The molecule has 0 fully saturated rings. The topological polar surface area (TPSA) is 86.6 Å². The maximum atomic E-state index is 11.1. The van der Waals surface area contributed by atoms with Gasteiger partial charge in [-0.15, -0.1) is 0 Å². The number of aliphatic hydroxyl groups excluding tert-OH is 1. The summed E-state index contributed by atoms with van der Waals surface area (Å²) < 4.78 is 0. The first-order valence-electron chi connectivity index (χ1n) is 4.69. The van der Waals surface area contributed by atoms with Crippen LogP contribution in [0.4, 0.5) is 0 Å². The minimum atomic E-state index is -1.22. The van der Waals surface area contributed by atoms with E-state index in [1.54, 1.807) is 0 Å². The van der Waals surface area contributed by atoms with Gasteiger partial charge in [-0.1, -0.05) is 13.3 Å². The summed E-state index contributed by atoms with van der Waals surface area (Å²) in [6, 6.07) is -1.21. The summed E-state index contributed by atoms with van der Waals surface area (Å²) in [6.45, 7) is 3.27. The molecule has 0 saturated carbocycles. The van der Waals surface area contributed by atoms with Gasteiger partial charge in [0, 0.05) is 6.42 Å². The van der Waals surface area contributed by atoms with Gasteiger partial charge in [0.25, 0.3) is 0 Å². The molecule has 0 spiro atoms. The number of carbonyl (C=O) groups is 2. The Balaban J connectivity index is 4.04. The number of hydrogen-bond acceptors (Lipinski definition) is 3. The quantitative estimate of drug-likeness (QED) is 0.572. The van der Waals surface area contributed by atoms with E-state index >= 15 is 0 Å². The second kappa shape index (κ2) is 6.37. The highest BCUT2D eigenvalue weighted by Gasteiger charge is 2.24. The highest BCUT2D eigenvalue weighted by atomic mass is 16.4. The van der Waals surface area contributed by atoms with Gasteiger partial charge in [-0.25, -0.2) is 4.79 Å². The Kier molecular flexibility index (Phi) is 5.87. The van der Waals surface area contributed by atoms with Gasteiger partial charge >= 0.3 is 5.97 Å². The van der Waals surface area contributed by atoms with Gasteiger partial charge in [-0.2, -0.15) is 0 Å². The van der Waals surface area contributed by atoms with Crippen LogP contribution in [0.15, 0.2) is 0 Å². The standard InChI is InChI=1S/C9H17NO4/c1-3-4-5-7(12)10-8(6(2)11)9(13)14/h6,8,11H,3-5H2,1-2H3,(H,10,12)(H,13,14)/t6-,8+/m1/s1. The van der Waals surface area contributed by atoms with Gasteiger partial charge in [-0.3, -0.25) is 4.79 Å². The fourth-order valence-electron chi connectivity index (χ4n) is 0.972. The van der Waals surface area contributed by atoms with Gasteiger partial charge in [0.1, 0.15) is 0 Å². The van der Waals surface area contributed by atoms with Crippen molar-refractivity contribution in [2.24, 2.45) is 0 Å². The molecular formula is C9H17NO4. The zero-order valence-electron chi connectivity index (χ0n) is 8.49. The van der Waals surface area contributed by atoms with E-state index in [1.807, 2.05) is 6.92 Å². The molecule has 0 aromatic heterocycles. The first-order chi connectivity index (χ1) is 6.49. The zero-order chi connectivity index (χ0) is 11.1. The molecule has 0 aromatic rings. The van der Waals surface area contributed by atoms with Gasteiger partial charge in [0.2, 0.25) is 5.91 Å². The summed E-state index contributed by atoms with van der Waals surface area (Å²) in [6.07, 6.45) is 0.809. The van der Waals surface area contributed by atoms with Crippen molar-refractivity contribution in [1.29, 1.82) is 0 Å². The Morgan fingerprint density at radius 1 is 1.43 bits per heavy atom. The molecule has 82 valence electrons. The average molecular weight is 203 g/mol. The van der Waals surface area contributed by atoms with Crippen molar-refractivity contribution in [3.05, 3.63) is 0 Å². The summed E-state index contributed by atoms with van der Waals surface area (Å²) >= 11 is 0. The van der Waals surface area contributed by atoms with Crippen molar-refractivity contribution < 1.29 is 19.8 Å². The molecule has 0 heterocycles. The van der Waals surface area contributed by atoms with Crippen molar-refractivity contribution in [1.82, 2.24) is 5.32 Å².